The molecule has 0 radical (unpaired) electrons. The number of carboxylic acid groups (broad SMARTS) is 1. The van der Waals surface area contributed by atoms with E-state index < -0.39 is 29.0 Å². The van der Waals surface area contributed by atoms with E-state index in [9.17, 15) is 24.3 Å². The highest BCUT2D eigenvalue weighted by atomic mass is 16.4. The second-order valence-electron chi connectivity index (χ2n) is 7.03. The molecule has 0 bridgehead atoms. The van der Waals surface area contributed by atoms with Gasteiger partial charge in [0.2, 0.25) is 0 Å². The minimum Gasteiger partial charge on any atom is -0.481 e. The Bertz CT molecular complexity index is 1040. The van der Waals surface area contributed by atoms with Gasteiger partial charge in [0.25, 0.3) is 11.5 Å². The summed E-state index contributed by atoms with van der Waals surface area (Å²) in [5, 5.41) is 9.23. The van der Waals surface area contributed by atoms with E-state index in [0.717, 1.165) is 0 Å². The first-order chi connectivity index (χ1) is 12.7. The standard InChI is InChI=1S/C18H22N4O5/c1-4-22-14-13(15(23)20-18(22)27)11(7-12(19-14)9(2)3)16(24)21-6-5-10(8-21)17(25)26/h7,9-10H,4-6,8H2,1-3H3,(H,25,26)(H,20,23,27). The Hall–Kier alpha value is -2.97. The third-order valence-corrected chi connectivity index (χ3v) is 4.93. The molecular formula is C18H22N4O5. The summed E-state index contributed by atoms with van der Waals surface area (Å²) in [7, 11) is 0. The number of nitrogens with zero attached hydrogens (tertiary/aromatic N) is 3. The highest BCUT2D eigenvalue weighted by molar-refractivity contribution is 6.05. The lowest BCUT2D eigenvalue weighted by Gasteiger charge is -2.19. The van der Waals surface area contributed by atoms with Crippen molar-refractivity contribution in [1.82, 2.24) is 19.4 Å². The molecule has 144 valence electrons. The number of carbonyl (C=O) groups is 2. The normalized spacial score (nSPS) is 17.0. The van der Waals surface area contributed by atoms with Crippen molar-refractivity contribution < 1.29 is 14.7 Å². The molecule has 2 N–H and O–H groups in total. The van der Waals surface area contributed by atoms with Gasteiger partial charge < -0.3 is 10.0 Å². The summed E-state index contributed by atoms with van der Waals surface area (Å²) in [4.78, 5) is 57.1. The second kappa shape index (κ2) is 6.98. The summed E-state index contributed by atoms with van der Waals surface area (Å²) in [5.74, 6) is -1.99. The first-order valence-electron chi connectivity index (χ1n) is 8.94. The molecule has 1 fully saturated rings. The van der Waals surface area contributed by atoms with E-state index in [-0.39, 0.29) is 29.1 Å². The molecule has 2 aromatic heterocycles. The number of aromatic amines is 1. The number of hydrogen-bond donors (Lipinski definition) is 2. The zero-order chi connectivity index (χ0) is 19.9. The second-order valence-corrected chi connectivity index (χ2v) is 7.03. The Morgan fingerprint density at radius 2 is 2.07 bits per heavy atom. The lowest BCUT2D eigenvalue weighted by Crippen LogP contribution is -2.34. The van der Waals surface area contributed by atoms with Crippen LogP contribution in [0.5, 0.6) is 0 Å². The van der Waals surface area contributed by atoms with E-state index in [2.05, 4.69) is 9.97 Å². The van der Waals surface area contributed by atoms with Crippen LogP contribution in [0.1, 0.15) is 49.2 Å². The fourth-order valence-electron chi connectivity index (χ4n) is 3.37. The molecule has 27 heavy (non-hydrogen) atoms. The molecule has 0 spiro atoms. The predicted octanol–water partition coefficient (Wildman–Crippen LogP) is 0.775. The smallest absolute Gasteiger partial charge is 0.329 e. The molecule has 1 aliphatic rings. The molecule has 1 atom stereocenters. The summed E-state index contributed by atoms with van der Waals surface area (Å²) in [6, 6.07) is 1.57. The summed E-state index contributed by atoms with van der Waals surface area (Å²) in [6.07, 6.45) is 0.372. The van der Waals surface area contributed by atoms with Crippen molar-refractivity contribution in [2.24, 2.45) is 5.92 Å². The molecule has 1 unspecified atom stereocenters. The van der Waals surface area contributed by atoms with Crippen molar-refractivity contribution in [2.75, 3.05) is 13.1 Å². The molecule has 3 heterocycles. The Kier molecular flexibility index (Phi) is 4.86. The van der Waals surface area contributed by atoms with Crippen molar-refractivity contribution in [3.63, 3.8) is 0 Å². The van der Waals surface area contributed by atoms with Crippen molar-refractivity contribution in [1.29, 1.82) is 0 Å². The molecule has 0 aromatic carbocycles. The van der Waals surface area contributed by atoms with E-state index in [1.54, 1.807) is 13.0 Å². The van der Waals surface area contributed by atoms with Crippen LogP contribution in [0.15, 0.2) is 15.7 Å². The zero-order valence-corrected chi connectivity index (χ0v) is 15.5. The Morgan fingerprint density at radius 1 is 1.37 bits per heavy atom. The number of pyridine rings is 1. The number of H-pyrrole nitrogens is 1. The van der Waals surface area contributed by atoms with E-state index in [4.69, 9.17) is 0 Å². The van der Waals surface area contributed by atoms with E-state index >= 15 is 0 Å². The van der Waals surface area contributed by atoms with Gasteiger partial charge in [0.05, 0.1) is 16.9 Å². The van der Waals surface area contributed by atoms with Crippen LogP contribution in [0.25, 0.3) is 11.0 Å². The molecule has 9 heteroatoms. The summed E-state index contributed by atoms with van der Waals surface area (Å²) in [6.45, 7) is 6.25. The number of likely N-dealkylation sites (tertiary alicyclic amines) is 1. The lowest BCUT2D eigenvalue weighted by atomic mass is 10.0. The minimum absolute atomic E-state index is 0.0222. The summed E-state index contributed by atoms with van der Waals surface area (Å²) in [5.41, 5.74) is -0.325. The van der Waals surface area contributed by atoms with Gasteiger partial charge in [-0.25, -0.2) is 9.78 Å². The van der Waals surface area contributed by atoms with Gasteiger partial charge in [0.1, 0.15) is 0 Å². The maximum atomic E-state index is 13.1. The predicted molar refractivity (Wildman–Crippen MR) is 98.0 cm³/mol. The van der Waals surface area contributed by atoms with E-state index in [1.807, 2.05) is 13.8 Å². The Balaban J connectivity index is 2.22. The highest BCUT2D eigenvalue weighted by Crippen LogP contribution is 2.24. The van der Waals surface area contributed by atoms with Gasteiger partial charge in [0.15, 0.2) is 5.65 Å². The third kappa shape index (κ3) is 3.24. The van der Waals surface area contributed by atoms with Crippen LogP contribution in [0, 0.1) is 5.92 Å². The minimum atomic E-state index is -0.939. The SMILES string of the molecule is CCn1c(=O)[nH]c(=O)c2c(C(=O)N3CCC(C(=O)O)C3)cc(C(C)C)nc21. The first kappa shape index (κ1) is 18.8. The monoisotopic (exact) mass is 374 g/mol. The molecule has 3 rings (SSSR count). The van der Waals surface area contributed by atoms with Gasteiger partial charge in [-0.1, -0.05) is 13.8 Å². The van der Waals surface area contributed by atoms with Crippen LogP contribution in [0.4, 0.5) is 0 Å². The number of rotatable bonds is 4. The summed E-state index contributed by atoms with van der Waals surface area (Å²) >= 11 is 0. The van der Waals surface area contributed by atoms with Crippen LogP contribution in [-0.2, 0) is 11.3 Å². The van der Waals surface area contributed by atoms with Gasteiger partial charge in [-0.15, -0.1) is 0 Å². The van der Waals surface area contributed by atoms with Crippen molar-refractivity contribution in [2.45, 2.75) is 39.7 Å². The van der Waals surface area contributed by atoms with Gasteiger partial charge >= 0.3 is 11.7 Å². The number of hydrogen-bond acceptors (Lipinski definition) is 5. The molecule has 0 saturated carbocycles. The van der Waals surface area contributed by atoms with Crippen molar-refractivity contribution >= 4 is 22.9 Å². The topological polar surface area (TPSA) is 125 Å². The fourth-order valence-corrected chi connectivity index (χ4v) is 3.37. The van der Waals surface area contributed by atoms with E-state index in [1.165, 1.54) is 9.47 Å². The molecule has 1 saturated heterocycles. The van der Waals surface area contributed by atoms with Crippen LogP contribution >= 0.6 is 0 Å². The maximum Gasteiger partial charge on any atom is 0.329 e. The molecule has 1 amide bonds. The Morgan fingerprint density at radius 3 is 2.63 bits per heavy atom. The van der Waals surface area contributed by atoms with Crippen molar-refractivity contribution in [3.8, 4) is 0 Å². The van der Waals surface area contributed by atoms with Crippen LogP contribution in [0.2, 0.25) is 0 Å². The Labute approximate surface area is 154 Å². The van der Waals surface area contributed by atoms with Crippen LogP contribution < -0.4 is 11.2 Å². The van der Waals surface area contributed by atoms with Gasteiger partial charge in [-0.05, 0) is 25.3 Å². The maximum absolute atomic E-state index is 13.1. The quantitative estimate of drug-likeness (QED) is 0.814. The number of fused-ring (bicyclic) bond motifs is 1. The largest absolute Gasteiger partial charge is 0.481 e. The third-order valence-electron chi connectivity index (χ3n) is 4.93. The van der Waals surface area contributed by atoms with Crippen LogP contribution in [-0.4, -0.2) is 49.5 Å². The number of nitrogens with one attached hydrogen (secondary N) is 1. The fraction of sp³-hybridized carbons (Fsp3) is 0.500. The number of aromatic nitrogens is 3. The molecule has 0 aliphatic carbocycles. The number of aryl methyl sites for hydroxylation is 1. The van der Waals surface area contributed by atoms with Gasteiger partial charge in [-0.2, -0.15) is 0 Å². The van der Waals surface area contributed by atoms with Crippen molar-refractivity contribution in [3.05, 3.63) is 38.2 Å². The molecular weight excluding hydrogens is 352 g/mol. The average Bonchev–Trinajstić information content (AvgIpc) is 3.10. The lowest BCUT2D eigenvalue weighted by molar-refractivity contribution is -0.141. The van der Waals surface area contributed by atoms with Gasteiger partial charge in [0, 0.05) is 25.3 Å². The molecule has 9 nitrogen and oxygen atoms in total. The summed E-state index contributed by atoms with van der Waals surface area (Å²) < 4.78 is 1.32. The molecule has 2 aromatic rings. The number of carboxylic acids is 1. The van der Waals surface area contributed by atoms with E-state index in [0.29, 0.717) is 25.2 Å². The number of aliphatic carboxylic acids is 1. The number of amides is 1. The highest BCUT2D eigenvalue weighted by Gasteiger charge is 2.33. The zero-order valence-electron chi connectivity index (χ0n) is 15.5. The molecule has 1 aliphatic heterocycles. The average molecular weight is 374 g/mol. The first-order valence-corrected chi connectivity index (χ1v) is 8.94. The van der Waals surface area contributed by atoms with Gasteiger partial charge in [-0.3, -0.25) is 23.9 Å². The number of carbonyl (C=O) groups excluding carboxylic acids is 1. The van der Waals surface area contributed by atoms with Crippen LogP contribution in [0.3, 0.4) is 0 Å².